The number of sulfonamides is 1. The Morgan fingerprint density at radius 3 is 2.63 bits per heavy atom. The van der Waals surface area contributed by atoms with Gasteiger partial charge in [0.1, 0.15) is 0 Å². The van der Waals surface area contributed by atoms with Gasteiger partial charge >= 0.3 is 0 Å². The van der Waals surface area contributed by atoms with Crippen LogP contribution in [0, 0.1) is 16.7 Å². The molecule has 5 nitrogen and oxygen atoms in total. The highest BCUT2D eigenvalue weighted by atomic mass is 32.2. The molecule has 4 atom stereocenters. The molecule has 4 rings (SSSR count). The molecular weight excluding hydrogens is 362 g/mol. The Kier molecular flexibility index (Phi) is 3.93. The van der Waals surface area contributed by atoms with Crippen molar-refractivity contribution >= 4 is 15.9 Å². The van der Waals surface area contributed by atoms with Crippen molar-refractivity contribution in [1.29, 1.82) is 0 Å². The molecule has 3 fully saturated rings. The fraction of sp³-hybridized carbons (Fsp3) is 0.571. The van der Waals surface area contributed by atoms with Crippen molar-refractivity contribution in [2.24, 2.45) is 16.7 Å². The van der Waals surface area contributed by atoms with Crippen LogP contribution in [-0.2, 0) is 20.4 Å². The molecular formula is C21H27NO4S. The first-order valence-electron chi connectivity index (χ1n) is 9.55. The number of carbonyl (C=O) groups is 1. The molecule has 1 N–H and O–H groups in total. The summed E-state index contributed by atoms with van der Waals surface area (Å²) >= 11 is 0. The highest BCUT2D eigenvalue weighted by Crippen LogP contribution is 2.70. The van der Waals surface area contributed by atoms with E-state index < -0.39 is 26.9 Å². The number of benzene rings is 1. The van der Waals surface area contributed by atoms with E-state index in [1.54, 1.807) is 30.3 Å². The Hall–Kier alpha value is -1.66. The third-order valence-corrected chi connectivity index (χ3v) is 9.56. The van der Waals surface area contributed by atoms with Gasteiger partial charge in [-0.15, -0.1) is 6.58 Å². The van der Waals surface area contributed by atoms with Crippen LogP contribution in [0.1, 0.15) is 45.1 Å². The second kappa shape index (κ2) is 5.67. The number of aliphatic hydroxyl groups is 1. The minimum absolute atomic E-state index is 0.00113. The van der Waals surface area contributed by atoms with Crippen LogP contribution in [0.25, 0.3) is 0 Å². The maximum absolute atomic E-state index is 13.5. The second-order valence-corrected chi connectivity index (χ2v) is 10.8. The van der Waals surface area contributed by atoms with E-state index in [1.807, 2.05) is 0 Å². The highest BCUT2D eigenvalue weighted by molar-refractivity contribution is 7.90. The van der Waals surface area contributed by atoms with E-state index in [9.17, 15) is 18.3 Å². The first-order chi connectivity index (χ1) is 12.6. The normalized spacial score (nSPS) is 34.9. The fourth-order valence-corrected chi connectivity index (χ4v) is 8.57. The van der Waals surface area contributed by atoms with Crippen molar-refractivity contribution in [3.05, 3.63) is 48.6 Å². The second-order valence-electron chi connectivity index (χ2n) is 8.94. The predicted octanol–water partition coefficient (Wildman–Crippen LogP) is 2.82. The highest BCUT2D eigenvalue weighted by Gasteiger charge is 2.73. The Balaban J connectivity index is 1.80. The average Bonchev–Trinajstić information content (AvgIpc) is 3.09. The van der Waals surface area contributed by atoms with Crippen LogP contribution in [0.15, 0.2) is 43.0 Å². The summed E-state index contributed by atoms with van der Waals surface area (Å²) in [4.78, 5) is 13.5. The summed E-state index contributed by atoms with van der Waals surface area (Å²) in [5.74, 6) is -0.324. The molecule has 6 heteroatoms. The van der Waals surface area contributed by atoms with E-state index in [4.69, 9.17) is 0 Å². The van der Waals surface area contributed by atoms with Gasteiger partial charge in [-0.3, -0.25) is 4.79 Å². The summed E-state index contributed by atoms with van der Waals surface area (Å²) in [5, 5.41) is 11.3. The number of amides is 1. The van der Waals surface area contributed by atoms with E-state index in [2.05, 4.69) is 20.4 Å². The molecule has 2 aliphatic carbocycles. The summed E-state index contributed by atoms with van der Waals surface area (Å²) in [6.45, 7) is 7.94. The van der Waals surface area contributed by atoms with Crippen LogP contribution in [0.5, 0.6) is 0 Å². The number of hydrogen-bond acceptors (Lipinski definition) is 4. The number of carbonyl (C=O) groups excluding carboxylic acids is 1. The van der Waals surface area contributed by atoms with Gasteiger partial charge < -0.3 is 5.11 Å². The van der Waals surface area contributed by atoms with Crippen molar-refractivity contribution in [2.45, 2.75) is 51.2 Å². The van der Waals surface area contributed by atoms with Gasteiger partial charge in [-0.25, -0.2) is 12.7 Å². The molecule has 2 bridgehead atoms. The van der Waals surface area contributed by atoms with Crippen molar-refractivity contribution in [2.75, 3.05) is 5.75 Å². The monoisotopic (exact) mass is 389 g/mol. The lowest BCUT2D eigenvalue weighted by Crippen LogP contribution is -2.52. The molecule has 0 unspecified atom stereocenters. The van der Waals surface area contributed by atoms with Crippen LogP contribution >= 0.6 is 0 Å². The first-order valence-corrected chi connectivity index (χ1v) is 11.2. The minimum Gasteiger partial charge on any atom is -0.375 e. The van der Waals surface area contributed by atoms with Crippen LogP contribution in [0.2, 0.25) is 0 Å². The topological polar surface area (TPSA) is 74.7 Å². The molecule has 1 saturated heterocycles. The molecule has 1 heterocycles. The van der Waals surface area contributed by atoms with E-state index in [-0.39, 0.29) is 23.6 Å². The standard InChI is InChI=1S/C21H27NO4S/c1-4-11-21(24,15-8-6-5-7-9-15)18(23)22-17-13-16-10-12-20(17,19(16,2)3)14-27(22,25)26/h4-9,16-17,24H,1,10-14H2,2-3H3/t16-,17-,20-,21+/m1/s1. The summed E-state index contributed by atoms with van der Waals surface area (Å²) in [5.41, 5.74) is -2.05. The van der Waals surface area contributed by atoms with Gasteiger partial charge in [0.05, 0.1) is 11.8 Å². The zero-order valence-corrected chi connectivity index (χ0v) is 16.7. The van der Waals surface area contributed by atoms with Gasteiger partial charge in [-0.2, -0.15) is 0 Å². The third kappa shape index (κ3) is 2.26. The predicted molar refractivity (Wildman–Crippen MR) is 103 cm³/mol. The summed E-state index contributed by atoms with van der Waals surface area (Å²) in [7, 11) is -3.78. The number of rotatable bonds is 4. The van der Waals surface area contributed by atoms with Crippen LogP contribution in [-0.4, -0.2) is 35.5 Å². The number of fused-ring (bicyclic) bond motifs is 1. The van der Waals surface area contributed by atoms with Gasteiger partial charge in [0.25, 0.3) is 5.91 Å². The molecule has 0 aromatic heterocycles. The lowest BCUT2D eigenvalue weighted by Gasteiger charge is -2.38. The average molecular weight is 390 g/mol. The molecule has 0 radical (unpaired) electrons. The lowest BCUT2D eigenvalue weighted by molar-refractivity contribution is -0.149. The van der Waals surface area contributed by atoms with Crippen molar-refractivity contribution < 1.29 is 18.3 Å². The van der Waals surface area contributed by atoms with Gasteiger partial charge in [0.15, 0.2) is 5.60 Å². The lowest BCUT2D eigenvalue weighted by atomic mass is 9.69. The molecule has 1 aromatic carbocycles. The van der Waals surface area contributed by atoms with Crippen LogP contribution < -0.4 is 0 Å². The maximum Gasteiger partial charge on any atom is 0.273 e. The zero-order valence-electron chi connectivity index (χ0n) is 15.9. The molecule has 3 aliphatic rings. The molecule has 146 valence electrons. The van der Waals surface area contributed by atoms with Gasteiger partial charge in [-0.1, -0.05) is 50.3 Å². The number of nitrogens with zero attached hydrogens (tertiary/aromatic N) is 1. The van der Waals surface area contributed by atoms with Gasteiger partial charge in [0.2, 0.25) is 10.0 Å². The SMILES string of the molecule is C=CC[C@@](O)(C(=O)N1[C@@H]2C[C@H]3CC[C@]2(CS1(=O)=O)C3(C)C)c1ccccc1. The largest absolute Gasteiger partial charge is 0.375 e. The Morgan fingerprint density at radius 2 is 2.04 bits per heavy atom. The Labute approximate surface area is 161 Å². The maximum atomic E-state index is 13.5. The Morgan fingerprint density at radius 1 is 1.37 bits per heavy atom. The molecule has 1 amide bonds. The van der Waals surface area contributed by atoms with E-state index in [0.29, 0.717) is 17.9 Å². The summed E-state index contributed by atoms with van der Waals surface area (Å²) in [6, 6.07) is 8.22. The van der Waals surface area contributed by atoms with Crippen LogP contribution in [0.3, 0.4) is 0 Å². The van der Waals surface area contributed by atoms with Crippen molar-refractivity contribution in [1.82, 2.24) is 4.31 Å². The third-order valence-electron chi connectivity index (χ3n) is 7.66. The smallest absolute Gasteiger partial charge is 0.273 e. The van der Waals surface area contributed by atoms with Crippen LogP contribution in [0.4, 0.5) is 0 Å². The van der Waals surface area contributed by atoms with E-state index in [1.165, 1.54) is 6.08 Å². The molecule has 2 saturated carbocycles. The van der Waals surface area contributed by atoms with Crippen molar-refractivity contribution in [3.63, 3.8) is 0 Å². The summed E-state index contributed by atoms with van der Waals surface area (Å²) in [6.07, 6.45) is 3.96. The molecule has 1 aromatic rings. The first kappa shape index (κ1) is 18.7. The summed E-state index contributed by atoms with van der Waals surface area (Å²) < 4.78 is 27.3. The minimum atomic E-state index is -3.78. The molecule has 1 spiro atoms. The van der Waals surface area contributed by atoms with Crippen molar-refractivity contribution in [3.8, 4) is 0 Å². The Bertz CT molecular complexity index is 894. The quantitative estimate of drug-likeness (QED) is 0.804. The zero-order chi connectivity index (χ0) is 19.7. The van der Waals surface area contributed by atoms with Gasteiger partial charge in [0, 0.05) is 11.8 Å². The molecule has 27 heavy (non-hydrogen) atoms. The number of hydrogen-bond donors (Lipinski definition) is 1. The fourth-order valence-electron chi connectivity index (χ4n) is 5.99. The van der Waals surface area contributed by atoms with Gasteiger partial charge in [-0.05, 0) is 36.2 Å². The molecule has 1 aliphatic heterocycles. The van der Waals surface area contributed by atoms with E-state index in [0.717, 1.165) is 17.1 Å². The van der Waals surface area contributed by atoms with E-state index >= 15 is 0 Å².